The van der Waals surface area contributed by atoms with Crippen molar-refractivity contribution in [3.63, 3.8) is 0 Å². The molecule has 0 saturated heterocycles. The van der Waals surface area contributed by atoms with E-state index in [0.29, 0.717) is 12.1 Å². The van der Waals surface area contributed by atoms with Crippen LogP contribution in [0.5, 0.6) is 0 Å². The number of aliphatic hydroxyl groups is 1. The Bertz CT molecular complexity index is 634. The molecule has 7 heteroatoms. The topological polar surface area (TPSA) is 72.2 Å². The average Bonchev–Trinajstić information content (AvgIpc) is 3.02. The molecule has 1 aromatic heterocycles. The Hall–Kier alpha value is -1.83. The number of aromatic nitrogens is 3. The average molecular weight is 320 g/mol. The Morgan fingerprint density at radius 1 is 1.43 bits per heavy atom. The quantitative estimate of drug-likeness (QED) is 0.793. The van der Waals surface area contributed by atoms with Gasteiger partial charge in [-0.25, -0.2) is 14.1 Å². The van der Waals surface area contributed by atoms with Crippen molar-refractivity contribution in [2.45, 2.75) is 38.1 Å². The first-order valence-corrected chi connectivity index (χ1v) is 7.81. The molecule has 23 heavy (non-hydrogen) atoms. The Labute approximate surface area is 134 Å². The number of benzene rings is 1. The fourth-order valence-electron chi connectivity index (χ4n) is 2.69. The van der Waals surface area contributed by atoms with Gasteiger partial charge in [0, 0.05) is 24.6 Å². The summed E-state index contributed by atoms with van der Waals surface area (Å²) in [6, 6.07) is 6.75. The lowest BCUT2D eigenvalue weighted by Gasteiger charge is -2.24. The molecule has 1 aliphatic rings. The van der Waals surface area contributed by atoms with Crippen LogP contribution >= 0.6 is 0 Å². The maximum atomic E-state index is 13.4. The number of ether oxygens (including phenoxy) is 1. The van der Waals surface area contributed by atoms with Crippen LogP contribution in [0, 0.1) is 5.82 Å². The second kappa shape index (κ2) is 7.63. The van der Waals surface area contributed by atoms with Crippen molar-refractivity contribution in [2.75, 3.05) is 13.2 Å². The van der Waals surface area contributed by atoms with Gasteiger partial charge in [0.05, 0.1) is 25.9 Å². The van der Waals surface area contributed by atoms with E-state index in [9.17, 15) is 9.50 Å². The minimum absolute atomic E-state index is 0.162. The fourth-order valence-corrected chi connectivity index (χ4v) is 2.69. The molecule has 0 spiro atoms. The molecule has 2 atom stereocenters. The first-order chi connectivity index (χ1) is 11.2. The van der Waals surface area contributed by atoms with Crippen molar-refractivity contribution >= 4 is 0 Å². The van der Waals surface area contributed by atoms with Crippen molar-refractivity contribution in [3.05, 3.63) is 47.8 Å². The van der Waals surface area contributed by atoms with Crippen LogP contribution in [0.2, 0.25) is 0 Å². The van der Waals surface area contributed by atoms with Crippen LogP contribution in [0.4, 0.5) is 4.39 Å². The highest BCUT2D eigenvalue weighted by atomic mass is 19.1. The van der Waals surface area contributed by atoms with Gasteiger partial charge >= 0.3 is 0 Å². The summed E-state index contributed by atoms with van der Waals surface area (Å²) in [5.41, 5.74) is 0.499. The summed E-state index contributed by atoms with van der Waals surface area (Å²) >= 11 is 0. The SMILES string of the molecule is OC(CNC1CCc2ncnn2C1)COCc1ccccc1F. The van der Waals surface area contributed by atoms with E-state index in [4.69, 9.17) is 4.74 Å². The lowest BCUT2D eigenvalue weighted by Crippen LogP contribution is -2.42. The Balaban J connectivity index is 1.36. The molecule has 124 valence electrons. The van der Waals surface area contributed by atoms with E-state index in [0.717, 1.165) is 25.2 Å². The van der Waals surface area contributed by atoms with Crippen molar-refractivity contribution < 1.29 is 14.2 Å². The molecule has 0 radical (unpaired) electrons. The highest BCUT2D eigenvalue weighted by Crippen LogP contribution is 2.11. The first-order valence-electron chi connectivity index (χ1n) is 7.81. The Morgan fingerprint density at radius 3 is 3.17 bits per heavy atom. The van der Waals surface area contributed by atoms with Gasteiger partial charge < -0.3 is 15.2 Å². The Kier molecular flexibility index (Phi) is 5.32. The molecule has 0 fully saturated rings. The summed E-state index contributed by atoms with van der Waals surface area (Å²) < 4.78 is 20.7. The van der Waals surface area contributed by atoms with Gasteiger partial charge in [-0.2, -0.15) is 5.10 Å². The van der Waals surface area contributed by atoms with Crippen LogP contribution in [0.15, 0.2) is 30.6 Å². The monoisotopic (exact) mass is 320 g/mol. The number of fused-ring (bicyclic) bond motifs is 1. The van der Waals surface area contributed by atoms with E-state index in [1.165, 1.54) is 6.07 Å². The number of rotatable bonds is 7. The zero-order chi connectivity index (χ0) is 16.1. The van der Waals surface area contributed by atoms with Crippen molar-refractivity contribution in [1.29, 1.82) is 0 Å². The zero-order valence-electron chi connectivity index (χ0n) is 12.9. The third kappa shape index (κ3) is 4.34. The highest BCUT2D eigenvalue weighted by Gasteiger charge is 2.20. The molecule has 2 aromatic rings. The molecule has 0 saturated carbocycles. The minimum atomic E-state index is -0.626. The van der Waals surface area contributed by atoms with E-state index < -0.39 is 6.10 Å². The number of hydrogen-bond donors (Lipinski definition) is 2. The summed E-state index contributed by atoms with van der Waals surface area (Å²) in [5, 5.41) is 17.5. The van der Waals surface area contributed by atoms with Gasteiger partial charge in [-0.3, -0.25) is 0 Å². The number of hydrogen-bond acceptors (Lipinski definition) is 5. The van der Waals surface area contributed by atoms with Crippen LogP contribution in [-0.4, -0.2) is 45.2 Å². The van der Waals surface area contributed by atoms with Crippen LogP contribution in [-0.2, 0) is 24.3 Å². The highest BCUT2D eigenvalue weighted by molar-refractivity contribution is 5.16. The summed E-state index contributed by atoms with van der Waals surface area (Å²) in [5.74, 6) is 0.725. The van der Waals surface area contributed by atoms with Gasteiger partial charge in [-0.15, -0.1) is 0 Å². The van der Waals surface area contributed by atoms with Crippen LogP contribution in [0.3, 0.4) is 0 Å². The molecule has 2 heterocycles. The van der Waals surface area contributed by atoms with E-state index in [1.807, 2.05) is 4.68 Å². The van der Waals surface area contributed by atoms with Gasteiger partial charge in [-0.1, -0.05) is 18.2 Å². The number of nitrogens with zero attached hydrogens (tertiary/aromatic N) is 3. The van der Waals surface area contributed by atoms with E-state index in [2.05, 4.69) is 15.4 Å². The maximum absolute atomic E-state index is 13.4. The van der Waals surface area contributed by atoms with E-state index in [1.54, 1.807) is 24.5 Å². The summed E-state index contributed by atoms with van der Waals surface area (Å²) in [4.78, 5) is 4.19. The van der Waals surface area contributed by atoms with E-state index >= 15 is 0 Å². The van der Waals surface area contributed by atoms with E-state index in [-0.39, 0.29) is 25.1 Å². The van der Waals surface area contributed by atoms with Gasteiger partial charge in [0.15, 0.2) is 0 Å². The third-order valence-corrected chi connectivity index (χ3v) is 3.97. The van der Waals surface area contributed by atoms with Crippen molar-refractivity contribution in [2.24, 2.45) is 0 Å². The molecule has 1 aliphatic heterocycles. The van der Waals surface area contributed by atoms with Gasteiger partial charge in [0.1, 0.15) is 18.0 Å². The molecule has 0 amide bonds. The fraction of sp³-hybridized carbons (Fsp3) is 0.500. The molecule has 6 nitrogen and oxygen atoms in total. The summed E-state index contributed by atoms with van der Waals surface area (Å²) in [7, 11) is 0. The normalized spacial score (nSPS) is 18.6. The predicted octanol–water partition coefficient (Wildman–Crippen LogP) is 0.899. The second-order valence-electron chi connectivity index (χ2n) is 5.76. The molecule has 2 unspecified atom stereocenters. The van der Waals surface area contributed by atoms with Gasteiger partial charge in [0.2, 0.25) is 0 Å². The molecule has 2 N–H and O–H groups in total. The van der Waals surface area contributed by atoms with Crippen LogP contribution in [0.1, 0.15) is 17.8 Å². The lowest BCUT2D eigenvalue weighted by molar-refractivity contribution is 0.0260. The lowest BCUT2D eigenvalue weighted by atomic mass is 10.1. The van der Waals surface area contributed by atoms with Crippen LogP contribution < -0.4 is 5.32 Å². The third-order valence-electron chi connectivity index (χ3n) is 3.97. The first kappa shape index (κ1) is 16.0. The standard InChI is InChI=1S/C16H21FN4O2/c17-15-4-2-1-3-12(15)9-23-10-14(22)7-18-13-5-6-16-19-11-20-21(16)8-13/h1-4,11,13-14,18,22H,5-10H2. The number of halogens is 1. The van der Waals surface area contributed by atoms with Crippen molar-refractivity contribution in [3.8, 4) is 0 Å². The Morgan fingerprint density at radius 2 is 2.30 bits per heavy atom. The largest absolute Gasteiger partial charge is 0.389 e. The summed E-state index contributed by atoms with van der Waals surface area (Å²) in [6.07, 6.45) is 2.81. The summed E-state index contributed by atoms with van der Waals surface area (Å²) in [6.45, 7) is 1.53. The van der Waals surface area contributed by atoms with Crippen molar-refractivity contribution in [1.82, 2.24) is 20.1 Å². The molecule has 0 aliphatic carbocycles. The molecular formula is C16H21FN4O2. The molecule has 0 bridgehead atoms. The number of aliphatic hydroxyl groups excluding tert-OH is 1. The number of aryl methyl sites for hydroxylation is 1. The van der Waals surface area contributed by atoms with Gasteiger partial charge in [-0.05, 0) is 12.5 Å². The number of nitrogens with one attached hydrogen (secondary N) is 1. The zero-order valence-corrected chi connectivity index (χ0v) is 12.9. The van der Waals surface area contributed by atoms with Gasteiger partial charge in [0.25, 0.3) is 0 Å². The maximum Gasteiger partial charge on any atom is 0.138 e. The van der Waals surface area contributed by atoms with Crippen LogP contribution in [0.25, 0.3) is 0 Å². The smallest absolute Gasteiger partial charge is 0.138 e. The second-order valence-corrected chi connectivity index (χ2v) is 5.76. The molecular weight excluding hydrogens is 299 g/mol. The molecule has 3 rings (SSSR count). The molecule has 1 aromatic carbocycles. The predicted molar refractivity (Wildman–Crippen MR) is 82.2 cm³/mol. The minimum Gasteiger partial charge on any atom is -0.389 e.